The lowest BCUT2D eigenvalue weighted by molar-refractivity contribution is -0.156. The fraction of sp³-hybridized carbons (Fsp3) is 0.933. The van der Waals surface area contributed by atoms with E-state index < -0.39 is 11.4 Å². The maximum absolute atomic E-state index is 11.1. The molecule has 1 aliphatic carbocycles. The summed E-state index contributed by atoms with van der Waals surface area (Å²) in [5, 5.41) is 9.16. The van der Waals surface area contributed by atoms with E-state index in [9.17, 15) is 4.79 Å². The van der Waals surface area contributed by atoms with Crippen molar-refractivity contribution >= 4 is 5.97 Å². The molecule has 0 aliphatic heterocycles. The molecule has 0 spiro atoms. The van der Waals surface area contributed by atoms with Crippen LogP contribution in [0.4, 0.5) is 0 Å². The summed E-state index contributed by atoms with van der Waals surface area (Å²) in [6, 6.07) is 0. The minimum Gasteiger partial charge on any atom is -0.481 e. The zero-order valence-electron chi connectivity index (χ0n) is 12.3. The Morgan fingerprint density at radius 2 is 2.05 bits per heavy atom. The fourth-order valence-electron chi connectivity index (χ4n) is 2.43. The van der Waals surface area contributed by atoms with Crippen molar-refractivity contribution in [1.82, 2.24) is 0 Å². The van der Waals surface area contributed by atoms with Gasteiger partial charge in [0.25, 0.3) is 0 Å². The van der Waals surface area contributed by atoms with E-state index in [1.54, 1.807) is 0 Å². The summed E-state index contributed by atoms with van der Waals surface area (Å²) in [6.07, 6.45) is 7.05. The minimum absolute atomic E-state index is 0.292. The third-order valence-corrected chi connectivity index (χ3v) is 4.08. The van der Waals surface area contributed by atoms with Gasteiger partial charge in [0, 0.05) is 6.61 Å². The van der Waals surface area contributed by atoms with E-state index >= 15 is 0 Å². The van der Waals surface area contributed by atoms with Gasteiger partial charge < -0.3 is 14.6 Å². The van der Waals surface area contributed by atoms with Crippen molar-refractivity contribution in [1.29, 1.82) is 0 Å². The van der Waals surface area contributed by atoms with E-state index in [2.05, 4.69) is 13.8 Å². The van der Waals surface area contributed by atoms with Crippen LogP contribution in [0.1, 0.15) is 58.8 Å². The molecule has 0 aromatic carbocycles. The van der Waals surface area contributed by atoms with Gasteiger partial charge in [0.2, 0.25) is 0 Å². The summed E-state index contributed by atoms with van der Waals surface area (Å²) in [5.41, 5.74) is -0.491. The second kappa shape index (κ2) is 8.54. The summed E-state index contributed by atoms with van der Waals surface area (Å²) in [5.74, 6) is -0.660. The van der Waals surface area contributed by atoms with Crippen molar-refractivity contribution in [3.8, 4) is 0 Å². The lowest BCUT2D eigenvalue weighted by Crippen LogP contribution is -2.39. The quantitative estimate of drug-likeness (QED) is 0.587. The third-order valence-electron chi connectivity index (χ3n) is 4.08. The molecule has 0 aromatic heterocycles. The molecule has 4 nitrogen and oxygen atoms in total. The standard InChI is InChI=1S/C15H28O4/c1-3-4-6-13(2)19-12-11-18-10-9-15(14(16)17)7-5-8-15/h13H,3-12H2,1-2H3,(H,16,17). The van der Waals surface area contributed by atoms with Crippen molar-refractivity contribution in [2.24, 2.45) is 5.41 Å². The first kappa shape index (κ1) is 16.4. The number of unbranched alkanes of at least 4 members (excludes halogenated alkanes) is 1. The second-order valence-corrected chi connectivity index (χ2v) is 5.63. The minimum atomic E-state index is -0.660. The topological polar surface area (TPSA) is 55.8 Å². The van der Waals surface area contributed by atoms with Gasteiger partial charge in [-0.05, 0) is 32.6 Å². The van der Waals surface area contributed by atoms with E-state index in [1.807, 2.05) is 0 Å². The predicted octanol–water partition coefficient (Wildman–Crippen LogP) is 3.24. The first-order chi connectivity index (χ1) is 9.10. The molecule has 0 aromatic rings. The molecule has 1 aliphatic rings. The monoisotopic (exact) mass is 272 g/mol. The van der Waals surface area contributed by atoms with Gasteiger partial charge in [0.1, 0.15) is 0 Å². The van der Waals surface area contributed by atoms with Gasteiger partial charge in [-0.3, -0.25) is 4.79 Å². The Labute approximate surface area is 116 Å². The van der Waals surface area contributed by atoms with E-state index in [-0.39, 0.29) is 0 Å². The molecular formula is C15H28O4. The molecule has 1 rings (SSSR count). The van der Waals surface area contributed by atoms with Gasteiger partial charge in [-0.1, -0.05) is 26.2 Å². The maximum atomic E-state index is 11.1. The summed E-state index contributed by atoms with van der Waals surface area (Å²) < 4.78 is 11.1. The van der Waals surface area contributed by atoms with Gasteiger partial charge in [-0.25, -0.2) is 0 Å². The molecular weight excluding hydrogens is 244 g/mol. The van der Waals surface area contributed by atoms with Crippen LogP contribution in [0.3, 0.4) is 0 Å². The molecule has 1 saturated carbocycles. The zero-order valence-corrected chi connectivity index (χ0v) is 12.3. The van der Waals surface area contributed by atoms with Gasteiger partial charge in [-0.2, -0.15) is 0 Å². The van der Waals surface area contributed by atoms with Gasteiger partial charge in [0.15, 0.2) is 0 Å². The van der Waals surface area contributed by atoms with Crippen molar-refractivity contribution in [3.63, 3.8) is 0 Å². The summed E-state index contributed by atoms with van der Waals surface area (Å²) in [4.78, 5) is 11.1. The van der Waals surface area contributed by atoms with Crippen LogP contribution < -0.4 is 0 Å². The van der Waals surface area contributed by atoms with E-state index in [1.165, 1.54) is 12.8 Å². The SMILES string of the molecule is CCCCC(C)OCCOCCC1(C(=O)O)CCC1. The number of carboxylic acid groups (broad SMARTS) is 1. The number of hydrogen-bond donors (Lipinski definition) is 1. The summed E-state index contributed by atoms with van der Waals surface area (Å²) in [7, 11) is 0. The van der Waals surface area contributed by atoms with Crippen molar-refractivity contribution in [2.75, 3.05) is 19.8 Å². The van der Waals surface area contributed by atoms with Crippen molar-refractivity contribution in [2.45, 2.75) is 64.9 Å². The average Bonchev–Trinajstić information content (AvgIpc) is 2.32. The van der Waals surface area contributed by atoms with Crippen LogP contribution in [0.2, 0.25) is 0 Å². The highest BCUT2D eigenvalue weighted by Crippen LogP contribution is 2.44. The predicted molar refractivity (Wildman–Crippen MR) is 74.3 cm³/mol. The van der Waals surface area contributed by atoms with Crippen LogP contribution in [-0.2, 0) is 14.3 Å². The maximum Gasteiger partial charge on any atom is 0.309 e. The number of rotatable bonds is 11. The van der Waals surface area contributed by atoms with Crippen molar-refractivity contribution in [3.05, 3.63) is 0 Å². The molecule has 1 N–H and O–H groups in total. The van der Waals surface area contributed by atoms with Gasteiger partial charge in [0.05, 0.1) is 24.7 Å². The van der Waals surface area contributed by atoms with Crippen LogP contribution >= 0.6 is 0 Å². The summed E-state index contributed by atoms with van der Waals surface area (Å²) in [6.45, 7) is 5.95. The average molecular weight is 272 g/mol. The van der Waals surface area contributed by atoms with Crippen LogP contribution in [0, 0.1) is 5.41 Å². The molecule has 4 heteroatoms. The highest BCUT2D eigenvalue weighted by molar-refractivity contribution is 5.75. The van der Waals surface area contributed by atoms with Crippen LogP contribution in [0.15, 0.2) is 0 Å². The number of carboxylic acids is 1. The zero-order chi connectivity index (χ0) is 14.1. The van der Waals surface area contributed by atoms with Crippen molar-refractivity contribution < 1.29 is 19.4 Å². The smallest absolute Gasteiger partial charge is 0.309 e. The molecule has 0 amide bonds. The van der Waals surface area contributed by atoms with Crippen LogP contribution in [0.5, 0.6) is 0 Å². The van der Waals surface area contributed by atoms with Gasteiger partial charge in [-0.15, -0.1) is 0 Å². The molecule has 0 radical (unpaired) electrons. The number of ether oxygens (including phenoxy) is 2. The number of aliphatic carboxylic acids is 1. The molecule has 19 heavy (non-hydrogen) atoms. The van der Waals surface area contributed by atoms with E-state index in [4.69, 9.17) is 14.6 Å². The Bertz CT molecular complexity index is 261. The summed E-state index contributed by atoms with van der Waals surface area (Å²) >= 11 is 0. The molecule has 112 valence electrons. The molecule has 0 saturated heterocycles. The molecule has 1 unspecified atom stereocenters. The Balaban J connectivity index is 1.98. The molecule has 0 bridgehead atoms. The van der Waals surface area contributed by atoms with E-state index in [0.29, 0.717) is 32.3 Å². The first-order valence-corrected chi connectivity index (χ1v) is 7.53. The van der Waals surface area contributed by atoms with E-state index in [0.717, 1.165) is 25.7 Å². The Hall–Kier alpha value is -0.610. The lowest BCUT2D eigenvalue weighted by Gasteiger charge is -2.37. The molecule has 1 atom stereocenters. The Morgan fingerprint density at radius 3 is 2.58 bits per heavy atom. The third kappa shape index (κ3) is 5.49. The van der Waals surface area contributed by atoms with Crippen LogP contribution in [-0.4, -0.2) is 37.0 Å². The number of hydrogen-bond acceptors (Lipinski definition) is 3. The highest BCUT2D eigenvalue weighted by Gasteiger charge is 2.43. The number of carbonyl (C=O) groups is 1. The fourth-order valence-corrected chi connectivity index (χ4v) is 2.43. The first-order valence-electron chi connectivity index (χ1n) is 7.53. The molecule has 0 heterocycles. The van der Waals surface area contributed by atoms with Crippen LogP contribution in [0.25, 0.3) is 0 Å². The van der Waals surface area contributed by atoms with Gasteiger partial charge >= 0.3 is 5.97 Å². The lowest BCUT2D eigenvalue weighted by atomic mass is 9.67. The highest BCUT2D eigenvalue weighted by atomic mass is 16.5. The Kier molecular flexibility index (Phi) is 7.39. The Morgan fingerprint density at radius 1 is 1.32 bits per heavy atom. The second-order valence-electron chi connectivity index (χ2n) is 5.63. The largest absolute Gasteiger partial charge is 0.481 e. The molecule has 1 fully saturated rings. The normalized spacial score (nSPS) is 18.8.